The molecule has 4 heteroatoms. The first-order chi connectivity index (χ1) is 8.36. The lowest BCUT2D eigenvalue weighted by Gasteiger charge is -2.47. The predicted octanol–water partition coefficient (Wildman–Crippen LogP) is 1.23. The van der Waals surface area contributed by atoms with Crippen molar-refractivity contribution in [3.05, 3.63) is 0 Å². The number of rotatable bonds is 4. The van der Waals surface area contributed by atoms with Gasteiger partial charge in [0.25, 0.3) is 0 Å². The molecule has 0 bridgehead atoms. The monoisotopic (exact) mass is 256 g/mol. The second-order valence-electron chi connectivity index (χ2n) is 6.05. The SMILES string of the molecule is CCN(CCO)C(=O)C1CCC(N)C(C)C1(C)C. The first-order valence-electron chi connectivity index (χ1n) is 7.01. The van der Waals surface area contributed by atoms with Gasteiger partial charge in [-0.05, 0) is 31.1 Å². The maximum Gasteiger partial charge on any atom is 0.226 e. The van der Waals surface area contributed by atoms with Gasteiger partial charge >= 0.3 is 0 Å². The van der Waals surface area contributed by atoms with Crippen molar-refractivity contribution in [3.63, 3.8) is 0 Å². The highest BCUT2D eigenvalue weighted by Crippen LogP contribution is 2.45. The average Bonchev–Trinajstić information content (AvgIpc) is 2.32. The third kappa shape index (κ3) is 2.86. The maximum absolute atomic E-state index is 12.6. The summed E-state index contributed by atoms with van der Waals surface area (Å²) < 4.78 is 0. The van der Waals surface area contributed by atoms with E-state index in [0.29, 0.717) is 19.0 Å². The van der Waals surface area contributed by atoms with Gasteiger partial charge in [0.2, 0.25) is 5.91 Å². The Kier molecular flexibility index (Phi) is 5.17. The van der Waals surface area contributed by atoms with E-state index in [2.05, 4.69) is 20.8 Å². The van der Waals surface area contributed by atoms with Crippen LogP contribution in [-0.2, 0) is 4.79 Å². The first kappa shape index (κ1) is 15.4. The molecular formula is C14H28N2O2. The predicted molar refractivity (Wildman–Crippen MR) is 73.0 cm³/mol. The Morgan fingerprint density at radius 1 is 1.44 bits per heavy atom. The van der Waals surface area contributed by atoms with E-state index in [4.69, 9.17) is 10.8 Å². The summed E-state index contributed by atoms with van der Waals surface area (Å²) >= 11 is 0. The highest BCUT2D eigenvalue weighted by molar-refractivity contribution is 5.79. The smallest absolute Gasteiger partial charge is 0.226 e. The lowest BCUT2D eigenvalue weighted by molar-refractivity contribution is -0.143. The fraction of sp³-hybridized carbons (Fsp3) is 0.929. The molecule has 1 rings (SSSR count). The van der Waals surface area contributed by atoms with Gasteiger partial charge in [0.05, 0.1) is 6.61 Å². The molecule has 0 aromatic rings. The van der Waals surface area contributed by atoms with Crippen LogP contribution < -0.4 is 5.73 Å². The fourth-order valence-corrected chi connectivity index (χ4v) is 3.06. The summed E-state index contributed by atoms with van der Waals surface area (Å²) in [4.78, 5) is 14.3. The molecule has 1 aliphatic carbocycles. The van der Waals surface area contributed by atoms with Gasteiger partial charge in [0.1, 0.15) is 0 Å². The number of nitrogens with two attached hydrogens (primary N) is 1. The van der Waals surface area contributed by atoms with Crippen LogP contribution in [0.3, 0.4) is 0 Å². The minimum absolute atomic E-state index is 0.0267. The van der Waals surface area contributed by atoms with Crippen LogP contribution in [0.5, 0.6) is 0 Å². The molecule has 1 aliphatic rings. The molecule has 1 saturated carbocycles. The van der Waals surface area contributed by atoms with Crippen LogP contribution in [0.1, 0.15) is 40.5 Å². The summed E-state index contributed by atoms with van der Waals surface area (Å²) in [5.41, 5.74) is 6.05. The van der Waals surface area contributed by atoms with Gasteiger partial charge in [-0.15, -0.1) is 0 Å². The van der Waals surface area contributed by atoms with Crippen molar-refractivity contribution in [2.75, 3.05) is 19.7 Å². The van der Waals surface area contributed by atoms with E-state index in [1.165, 1.54) is 0 Å². The molecule has 18 heavy (non-hydrogen) atoms. The Balaban J connectivity index is 2.84. The molecule has 0 aromatic heterocycles. The topological polar surface area (TPSA) is 66.6 Å². The minimum Gasteiger partial charge on any atom is -0.395 e. The van der Waals surface area contributed by atoms with Crippen molar-refractivity contribution in [2.45, 2.75) is 46.6 Å². The van der Waals surface area contributed by atoms with E-state index in [1.807, 2.05) is 6.92 Å². The summed E-state index contributed by atoms with van der Waals surface area (Å²) in [5, 5.41) is 9.03. The zero-order chi connectivity index (χ0) is 13.9. The van der Waals surface area contributed by atoms with E-state index in [-0.39, 0.29) is 29.9 Å². The van der Waals surface area contributed by atoms with Crippen LogP contribution in [0.15, 0.2) is 0 Å². The van der Waals surface area contributed by atoms with Crippen molar-refractivity contribution >= 4 is 5.91 Å². The molecule has 0 aromatic carbocycles. The maximum atomic E-state index is 12.6. The average molecular weight is 256 g/mol. The summed E-state index contributed by atoms with van der Waals surface area (Å²) in [7, 11) is 0. The molecule has 0 aliphatic heterocycles. The van der Waals surface area contributed by atoms with Crippen LogP contribution in [0.25, 0.3) is 0 Å². The number of hydrogen-bond acceptors (Lipinski definition) is 3. The number of hydrogen-bond donors (Lipinski definition) is 2. The van der Waals surface area contributed by atoms with Crippen molar-refractivity contribution in [1.82, 2.24) is 4.90 Å². The van der Waals surface area contributed by atoms with E-state index >= 15 is 0 Å². The number of carbonyl (C=O) groups excluding carboxylic acids is 1. The van der Waals surface area contributed by atoms with Crippen molar-refractivity contribution < 1.29 is 9.90 Å². The third-order valence-corrected chi connectivity index (χ3v) is 4.86. The number of amides is 1. The Morgan fingerprint density at radius 3 is 2.56 bits per heavy atom. The second kappa shape index (κ2) is 6.02. The Labute approximate surface area is 111 Å². The molecule has 3 unspecified atom stereocenters. The number of aliphatic hydroxyl groups is 1. The molecule has 1 fully saturated rings. The Hall–Kier alpha value is -0.610. The van der Waals surface area contributed by atoms with Gasteiger partial charge in [0.15, 0.2) is 0 Å². The van der Waals surface area contributed by atoms with Crippen LogP contribution in [-0.4, -0.2) is 41.7 Å². The summed E-state index contributed by atoms with van der Waals surface area (Å²) in [6.45, 7) is 9.51. The number of nitrogens with zero attached hydrogens (tertiary/aromatic N) is 1. The Bertz CT molecular complexity index is 292. The summed E-state index contributed by atoms with van der Waals surface area (Å²) in [6.07, 6.45) is 1.77. The van der Waals surface area contributed by atoms with Gasteiger partial charge in [-0.2, -0.15) is 0 Å². The summed E-state index contributed by atoms with van der Waals surface area (Å²) in [6, 6.07) is 0.192. The Morgan fingerprint density at radius 2 is 2.06 bits per heavy atom. The van der Waals surface area contributed by atoms with Gasteiger partial charge in [0, 0.05) is 25.0 Å². The molecule has 106 valence electrons. The van der Waals surface area contributed by atoms with Crippen molar-refractivity contribution in [1.29, 1.82) is 0 Å². The molecule has 0 saturated heterocycles. The molecular weight excluding hydrogens is 228 g/mol. The zero-order valence-corrected chi connectivity index (χ0v) is 12.1. The third-order valence-electron chi connectivity index (χ3n) is 4.86. The number of likely N-dealkylation sites (N-methyl/N-ethyl adjacent to an activating group) is 1. The van der Waals surface area contributed by atoms with Crippen LogP contribution in [0, 0.1) is 17.3 Å². The van der Waals surface area contributed by atoms with Crippen molar-refractivity contribution in [2.24, 2.45) is 23.0 Å². The van der Waals surface area contributed by atoms with Gasteiger partial charge in [-0.25, -0.2) is 0 Å². The molecule has 1 amide bonds. The number of aliphatic hydroxyl groups excluding tert-OH is 1. The van der Waals surface area contributed by atoms with Gasteiger partial charge in [-0.1, -0.05) is 20.8 Å². The molecule has 0 heterocycles. The molecule has 3 atom stereocenters. The van der Waals surface area contributed by atoms with Gasteiger partial charge < -0.3 is 15.7 Å². The minimum atomic E-state index is -0.0718. The molecule has 0 spiro atoms. The highest BCUT2D eigenvalue weighted by Gasteiger charge is 2.45. The summed E-state index contributed by atoms with van der Waals surface area (Å²) in [5.74, 6) is 0.544. The van der Waals surface area contributed by atoms with Crippen LogP contribution in [0.4, 0.5) is 0 Å². The largest absolute Gasteiger partial charge is 0.395 e. The normalized spacial score (nSPS) is 31.1. The zero-order valence-electron chi connectivity index (χ0n) is 12.1. The van der Waals surface area contributed by atoms with E-state index in [9.17, 15) is 4.79 Å². The van der Waals surface area contributed by atoms with Crippen LogP contribution in [0.2, 0.25) is 0 Å². The van der Waals surface area contributed by atoms with Gasteiger partial charge in [-0.3, -0.25) is 4.79 Å². The second-order valence-corrected chi connectivity index (χ2v) is 6.05. The standard InChI is InChI=1S/C14H28N2O2/c1-5-16(8-9-17)13(18)11-6-7-12(15)10(2)14(11,3)4/h10-12,17H,5-9,15H2,1-4H3. The lowest BCUT2D eigenvalue weighted by atomic mass is 9.60. The number of carbonyl (C=O) groups is 1. The quantitative estimate of drug-likeness (QED) is 0.795. The van der Waals surface area contributed by atoms with E-state index in [1.54, 1.807) is 4.90 Å². The fourth-order valence-electron chi connectivity index (χ4n) is 3.06. The highest BCUT2D eigenvalue weighted by atomic mass is 16.3. The van der Waals surface area contributed by atoms with E-state index < -0.39 is 0 Å². The molecule has 4 nitrogen and oxygen atoms in total. The lowest BCUT2D eigenvalue weighted by Crippen LogP contribution is -2.52. The van der Waals surface area contributed by atoms with Crippen molar-refractivity contribution in [3.8, 4) is 0 Å². The first-order valence-corrected chi connectivity index (χ1v) is 7.01. The van der Waals surface area contributed by atoms with E-state index in [0.717, 1.165) is 12.8 Å². The molecule has 0 radical (unpaired) electrons. The van der Waals surface area contributed by atoms with Crippen LogP contribution >= 0.6 is 0 Å². The molecule has 3 N–H and O–H groups in total.